The Hall–Kier alpha value is -3.27. The summed E-state index contributed by atoms with van der Waals surface area (Å²) in [5.74, 6) is -0.116. The highest BCUT2D eigenvalue weighted by Crippen LogP contribution is 2.41. The van der Waals surface area contributed by atoms with Gasteiger partial charge in [-0.25, -0.2) is 17.9 Å². The van der Waals surface area contributed by atoms with Gasteiger partial charge < -0.3 is 15.4 Å². The molecule has 0 spiro atoms. The van der Waals surface area contributed by atoms with Crippen molar-refractivity contribution in [1.29, 1.82) is 0 Å². The Morgan fingerprint density at radius 3 is 2.18 bits per heavy atom. The molecule has 0 bridgehead atoms. The number of carbonyl (C=O) groups is 2. The first-order valence-corrected chi connectivity index (χ1v) is 12.5. The third-order valence-electron chi connectivity index (χ3n) is 4.62. The van der Waals surface area contributed by atoms with Crippen LogP contribution in [0.15, 0.2) is 60.7 Å². The fraction of sp³-hybridized carbons (Fsp3) is 0.130. The predicted octanol–water partition coefficient (Wildman–Crippen LogP) is 4.68. The molecule has 0 saturated heterocycles. The van der Waals surface area contributed by atoms with Gasteiger partial charge in [-0.1, -0.05) is 53.5 Å². The highest BCUT2D eigenvalue weighted by molar-refractivity contribution is 7.89. The molecule has 11 heteroatoms. The Morgan fingerprint density at radius 1 is 0.971 bits per heavy atom. The molecule has 3 amide bonds. The van der Waals surface area contributed by atoms with E-state index in [1.807, 2.05) is 22.9 Å². The number of urea groups is 1. The summed E-state index contributed by atoms with van der Waals surface area (Å²) in [4.78, 5) is 24.2. The molecule has 0 aliphatic rings. The number of halogens is 2. The Morgan fingerprint density at radius 2 is 1.59 bits per heavy atom. The Labute approximate surface area is 207 Å². The van der Waals surface area contributed by atoms with E-state index in [4.69, 9.17) is 27.9 Å². The summed E-state index contributed by atoms with van der Waals surface area (Å²) in [6.45, 7) is 0.167. The molecule has 0 saturated carbocycles. The third-order valence-corrected chi connectivity index (χ3v) is 5.78. The van der Waals surface area contributed by atoms with Crippen molar-refractivity contribution < 1.29 is 22.7 Å². The number of hydrogen-bond acceptors (Lipinski definition) is 5. The normalized spacial score (nSPS) is 10.9. The second-order valence-electron chi connectivity index (χ2n) is 7.22. The minimum atomic E-state index is -3.65. The summed E-state index contributed by atoms with van der Waals surface area (Å²) in [6.07, 6.45) is 0.897. The fourth-order valence-electron chi connectivity index (χ4n) is 3.11. The van der Waals surface area contributed by atoms with Crippen LogP contribution in [0.2, 0.25) is 10.0 Å². The average Bonchev–Trinajstić information content (AvgIpc) is 2.77. The van der Waals surface area contributed by atoms with Crippen molar-refractivity contribution in [3.8, 4) is 16.9 Å². The number of benzene rings is 3. The van der Waals surface area contributed by atoms with E-state index in [-0.39, 0.29) is 12.1 Å². The zero-order valence-electron chi connectivity index (χ0n) is 18.2. The number of hydrogen-bond donors (Lipinski definition) is 3. The molecule has 3 rings (SSSR count). The first-order chi connectivity index (χ1) is 16.1. The molecule has 0 unspecified atom stereocenters. The lowest BCUT2D eigenvalue weighted by Crippen LogP contribution is -2.29. The van der Waals surface area contributed by atoms with Crippen molar-refractivity contribution >= 4 is 50.9 Å². The van der Waals surface area contributed by atoms with Gasteiger partial charge in [-0.15, -0.1) is 0 Å². The first kappa shape index (κ1) is 25.4. The lowest BCUT2D eigenvalue weighted by molar-refractivity contribution is 0.0981. The van der Waals surface area contributed by atoms with Crippen molar-refractivity contribution in [3.05, 3.63) is 81.8 Å². The van der Waals surface area contributed by atoms with E-state index in [0.29, 0.717) is 32.6 Å². The van der Waals surface area contributed by atoms with Crippen LogP contribution in [0.4, 0.5) is 10.5 Å². The van der Waals surface area contributed by atoms with E-state index in [1.165, 1.54) is 12.1 Å². The van der Waals surface area contributed by atoms with Crippen molar-refractivity contribution in [2.75, 3.05) is 18.7 Å². The number of amides is 3. The minimum absolute atomic E-state index is 0.167. The van der Waals surface area contributed by atoms with Crippen LogP contribution in [0.25, 0.3) is 11.1 Å². The molecule has 0 aliphatic carbocycles. The Kier molecular flexibility index (Phi) is 8.03. The van der Waals surface area contributed by atoms with Crippen LogP contribution in [0.5, 0.6) is 5.75 Å². The number of nitrogens with one attached hydrogen (secondary N) is 3. The van der Waals surface area contributed by atoms with Crippen molar-refractivity contribution in [1.82, 2.24) is 10.0 Å². The van der Waals surface area contributed by atoms with Gasteiger partial charge in [0.05, 0.1) is 23.4 Å². The number of anilines is 1. The smallest absolute Gasteiger partial charge is 0.319 e. The first-order valence-electron chi connectivity index (χ1n) is 9.85. The molecule has 3 aromatic rings. The molecule has 3 aromatic carbocycles. The van der Waals surface area contributed by atoms with Crippen LogP contribution < -0.4 is 20.1 Å². The van der Waals surface area contributed by atoms with Gasteiger partial charge in [0, 0.05) is 28.9 Å². The summed E-state index contributed by atoms with van der Waals surface area (Å²) in [5, 5.41) is 6.05. The van der Waals surface area contributed by atoms with Crippen LogP contribution in [0.1, 0.15) is 15.9 Å². The minimum Gasteiger partial charge on any atom is -0.496 e. The lowest BCUT2D eigenvalue weighted by atomic mass is 10.0. The molecule has 0 aromatic heterocycles. The largest absolute Gasteiger partial charge is 0.496 e. The van der Waals surface area contributed by atoms with Crippen LogP contribution in [0, 0.1) is 0 Å². The summed E-state index contributed by atoms with van der Waals surface area (Å²) in [5.41, 5.74) is 2.60. The summed E-state index contributed by atoms with van der Waals surface area (Å²) in [6, 6.07) is 16.1. The Bertz CT molecular complexity index is 1310. The molecular weight excluding hydrogens is 501 g/mol. The number of methoxy groups -OCH3 is 1. The second-order valence-corrected chi connectivity index (χ2v) is 9.79. The summed E-state index contributed by atoms with van der Waals surface area (Å²) >= 11 is 12.9. The van der Waals surface area contributed by atoms with E-state index < -0.39 is 22.0 Å². The van der Waals surface area contributed by atoms with Crippen molar-refractivity contribution in [2.45, 2.75) is 6.54 Å². The molecular formula is C23H21Cl2N3O5S. The highest BCUT2D eigenvalue weighted by atomic mass is 35.5. The molecule has 34 heavy (non-hydrogen) atoms. The Balaban J connectivity index is 1.64. The summed E-state index contributed by atoms with van der Waals surface area (Å²) < 4.78 is 29.6. The van der Waals surface area contributed by atoms with E-state index >= 15 is 0 Å². The predicted molar refractivity (Wildman–Crippen MR) is 133 cm³/mol. The highest BCUT2D eigenvalue weighted by Gasteiger charge is 2.15. The number of rotatable bonds is 7. The maximum Gasteiger partial charge on any atom is 0.319 e. The number of para-hydroxylation sites is 1. The van der Waals surface area contributed by atoms with Gasteiger partial charge in [0.15, 0.2) is 0 Å². The monoisotopic (exact) mass is 521 g/mol. The molecule has 178 valence electrons. The molecule has 0 atom stereocenters. The number of carbonyl (C=O) groups excluding carboxylic acids is 2. The quantitative estimate of drug-likeness (QED) is 0.417. The number of sulfonamides is 1. The standard InChI is InChI=1S/C23H21Cl2N3O5S/c1-33-20-6-4-3-5-17(20)21-18(24)11-16(12-19(21)25)27-23(30)26-13-14-7-9-15(10-8-14)22(29)28-34(2,31)32/h3-12H,13H2,1-2H3,(H,28,29)(H2,26,27,30). The molecule has 0 heterocycles. The van der Waals surface area contributed by atoms with Crippen LogP contribution in [-0.2, 0) is 16.6 Å². The average molecular weight is 522 g/mol. The molecule has 0 fully saturated rings. The molecule has 0 radical (unpaired) electrons. The zero-order valence-corrected chi connectivity index (χ0v) is 20.5. The van der Waals surface area contributed by atoms with Crippen LogP contribution in [-0.4, -0.2) is 33.7 Å². The van der Waals surface area contributed by atoms with E-state index in [0.717, 1.165) is 11.8 Å². The van der Waals surface area contributed by atoms with Crippen molar-refractivity contribution in [2.24, 2.45) is 0 Å². The topological polar surface area (TPSA) is 114 Å². The van der Waals surface area contributed by atoms with E-state index in [9.17, 15) is 18.0 Å². The van der Waals surface area contributed by atoms with E-state index in [1.54, 1.807) is 37.4 Å². The third kappa shape index (κ3) is 6.63. The van der Waals surface area contributed by atoms with Crippen LogP contribution >= 0.6 is 23.2 Å². The zero-order chi connectivity index (χ0) is 24.9. The van der Waals surface area contributed by atoms with Gasteiger partial charge >= 0.3 is 6.03 Å². The SMILES string of the molecule is COc1ccccc1-c1c(Cl)cc(NC(=O)NCc2ccc(C(=O)NS(C)(=O)=O)cc2)cc1Cl. The number of ether oxygens (including phenoxy) is 1. The molecule has 8 nitrogen and oxygen atoms in total. The van der Waals surface area contributed by atoms with Gasteiger partial charge in [-0.2, -0.15) is 0 Å². The van der Waals surface area contributed by atoms with E-state index in [2.05, 4.69) is 10.6 Å². The fourth-order valence-corrected chi connectivity index (χ4v) is 4.26. The van der Waals surface area contributed by atoms with Gasteiger partial charge in [-0.05, 0) is 35.9 Å². The lowest BCUT2D eigenvalue weighted by Gasteiger charge is -2.14. The van der Waals surface area contributed by atoms with Gasteiger partial charge in [0.25, 0.3) is 5.91 Å². The maximum absolute atomic E-state index is 12.3. The van der Waals surface area contributed by atoms with Gasteiger partial charge in [0.2, 0.25) is 10.0 Å². The van der Waals surface area contributed by atoms with Crippen LogP contribution in [0.3, 0.4) is 0 Å². The maximum atomic E-state index is 12.3. The van der Waals surface area contributed by atoms with Gasteiger partial charge in [-0.3, -0.25) is 4.79 Å². The second kappa shape index (κ2) is 10.8. The van der Waals surface area contributed by atoms with Gasteiger partial charge in [0.1, 0.15) is 5.75 Å². The summed E-state index contributed by atoms with van der Waals surface area (Å²) in [7, 11) is -2.10. The molecule has 3 N–H and O–H groups in total. The van der Waals surface area contributed by atoms with Crippen molar-refractivity contribution in [3.63, 3.8) is 0 Å². The molecule has 0 aliphatic heterocycles.